The van der Waals surface area contributed by atoms with Crippen LogP contribution in [0.3, 0.4) is 0 Å². The van der Waals surface area contributed by atoms with Crippen molar-refractivity contribution in [3.05, 3.63) is 132 Å². The molecule has 4 aromatic carbocycles. The van der Waals surface area contributed by atoms with E-state index in [0.717, 1.165) is 40.8 Å². The molecule has 2 aliphatic rings. The average molecular weight is 689 g/mol. The Kier molecular flexibility index (Phi) is 13.2. The van der Waals surface area contributed by atoms with Gasteiger partial charge in [0.2, 0.25) is 0 Å². The van der Waals surface area contributed by atoms with Gasteiger partial charge < -0.3 is 16.7 Å². The van der Waals surface area contributed by atoms with Crippen LogP contribution in [0.15, 0.2) is 109 Å². The van der Waals surface area contributed by atoms with Crippen LogP contribution in [0.1, 0.15) is 56.7 Å². The number of benzene rings is 4. The molecular formula is C37H40Cl2NNaO4S. The fourth-order valence-electron chi connectivity index (χ4n) is 6.67. The summed E-state index contributed by atoms with van der Waals surface area (Å²) < 4.78 is 41.7. The van der Waals surface area contributed by atoms with Gasteiger partial charge >= 0.3 is 35.5 Å². The summed E-state index contributed by atoms with van der Waals surface area (Å²) >= 11 is 12.7. The van der Waals surface area contributed by atoms with Crippen molar-refractivity contribution >= 4 is 50.0 Å². The van der Waals surface area contributed by atoms with Gasteiger partial charge in [-0.25, -0.2) is 8.42 Å². The summed E-state index contributed by atoms with van der Waals surface area (Å²) in [6.45, 7) is 11.6. The molecule has 9 heteroatoms. The molecule has 238 valence electrons. The summed E-state index contributed by atoms with van der Waals surface area (Å²) in [7, 11) is -4.38. The van der Waals surface area contributed by atoms with Gasteiger partial charge in [0.1, 0.15) is 10.1 Å². The average Bonchev–Trinajstić information content (AvgIpc) is 3.44. The Labute approximate surface area is 306 Å². The van der Waals surface area contributed by atoms with Crippen LogP contribution < -0.4 is 29.6 Å². The molecule has 4 atom stereocenters. The van der Waals surface area contributed by atoms with Gasteiger partial charge in [0.25, 0.3) is 0 Å². The molecule has 0 spiro atoms. The first-order valence-corrected chi connectivity index (χ1v) is 16.9. The second kappa shape index (κ2) is 15.8. The zero-order chi connectivity index (χ0) is 31.6. The molecule has 46 heavy (non-hydrogen) atoms. The molecule has 2 heterocycles. The van der Waals surface area contributed by atoms with Gasteiger partial charge in [-0.2, -0.15) is 4.58 Å². The molecular weight excluding hydrogens is 648 g/mol. The number of nitrogens with zero attached hydrogens (tertiary/aromatic N) is 1. The molecule has 4 aromatic rings. The summed E-state index contributed by atoms with van der Waals surface area (Å²) in [6, 6.07) is 28.7. The predicted octanol–water partition coefficient (Wildman–Crippen LogP) is 6.47. The summed E-state index contributed by atoms with van der Waals surface area (Å²) in [4.78, 5) is -0.157. The molecule has 0 radical (unpaired) electrons. The van der Waals surface area contributed by atoms with E-state index < -0.39 is 10.1 Å². The largest absolute Gasteiger partial charge is 1.00 e. The van der Waals surface area contributed by atoms with Crippen molar-refractivity contribution in [2.45, 2.75) is 56.5 Å². The van der Waals surface area contributed by atoms with Crippen molar-refractivity contribution < 1.29 is 51.8 Å². The zero-order valence-corrected chi connectivity index (χ0v) is 31.4. The Morgan fingerprint density at radius 1 is 0.978 bits per heavy atom. The van der Waals surface area contributed by atoms with Crippen LogP contribution in [0.4, 0.5) is 0 Å². The topological polar surface area (TPSA) is 69.4 Å². The number of rotatable bonds is 6. The van der Waals surface area contributed by atoms with Crippen molar-refractivity contribution in [3.8, 4) is 0 Å². The second-order valence-electron chi connectivity index (χ2n) is 12.2. The van der Waals surface area contributed by atoms with E-state index in [2.05, 4.69) is 62.3 Å². The number of ether oxygens (including phenoxy) is 1. The van der Waals surface area contributed by atoms with E-state index >= 15 is 0 Å². The quantitative estimate of drug-likeness (QED) is 0.0767. The predicted molar refractivity (Wildman–Crippen MR) is 184 cm³/mol. The SMILES string of the molecule is C=CC[C@@]1(C)C[C@H](c2cccc(Cl)c2)C(c2ccc(Cl)cc2)[N+]2=C1OC[C@@H]2C(C)C.O=S(=O)([O-])c1cccc2ccccc12.[CH3-].[Na+]. The van der Waals surface area contributed by atoms with Crippen LogP contribution >= 0.6 is 23.2 Å². The normalized spacial score (nSPS) is 22.1. The van der Waals surface area contributed by atoms with Crippen LogP contribution in [0.25, 0.3) is 10.8 Å². The van der Waals surface area contributed by atoms with Crippen LogP contribution in [0, 0.1) is 18.8 Å². The molecule has 0 aliphatic carbocycles. The maximum atomic E-state index is 10.9. The maximum absolute atomic E-state index is 10.9. The fourth-order valence-corrected chi connectivity index (χ4v) is 7.70. The van der Waals surface area contributed by atoms with E-state index in [1.54, 1.807) is 36.4 Å². The van der Waals surface area contributed by atoms with E-state index in [9.17, 15) is 13.0 Å². The Bertz CT molecular complexity index is 1800. The van der Waals surface area contributed by atoms with Gasteiger partial charge in [-0.1, -0.05) is 104 Å². The van der Waals surface area contributed by atoms with Crippen LogP contribution in [-0.2, 0) is 14.9 Å². The Morgan fingerprint density at radius 3 is 2.26 bits per heavy atom. The first kappa shape index (κ1) is 38.3. The van der Waals surface area contributed by atoms with Gasteiger partial charge in [0.05, 0.1) is 16.2 Å². The van der Waals surface area contributed by atoms with Crippen LogP contribution in [0.2, 0.25) is 10.0 Å². The molecule has 0 fully saturated rings. The molecule has 2 aliphatic heterocycles. The summed E-state index contributed by atoms with van der Waals surface area (Å²) in [6.07, 6.45) is 3.88. The van der Waals surface area contributed by atoms with Crippen molar-refractivity contribution in [3.63, 3.8) is 0 Å². The van der Waals surface area contributed by atoms with Crippen LogP contribution in [0.5, 0.6) is 0 Å². The minimum atomic E-state index is -4.38. The van der Waals surface area contributed by atoms with Crippen molar-refractivity contribution in [2.24, 2.45) is 11.3 Å². The Morgan fingerprint density at radius 2 is 1.63 bits per heavy atom. The van der Waals surface area contributed by atoms with Crippen LogP contribution in [-0.4, -0.2) is 36.1 Å². The minimum absolute atomic E-state index is 0. The molecule has 5 nitrogen and oxygen atoms in total. The van der Waals surface area contributed by atoms with Gasteiger partial charge in [-0.05, 0) is 66.4 Å². The number of allylic oxidation sites excluding steroid dienone is 1. The van der Waals surface area contributed by atoms with E-state index in [1.165, 1.54) is 17.2 Å². The van der Waals surface area contributed by atoms with Gasteiger partial charge in [0, 0.05) is 21.5 Å². The number of halogens is 2. The summed E-state index contributed by atoms with van der Waals surface area (Å²) in [5.74, 6) is 1.87. The smallest absolute Gasteiger partial charge is 0.744 e. The standard InChI is InChI=1S/C26H30Cl2NO.C10H8O3S.CH3.Na/c1-5-13-26(4)15-22(19-7-6-8-21(28)14-19)24(18-9-11-20(27)12-10-18)29-23(17(2)3)16-30-25(26)29;11-14(12,13)10-7-3-5-8-4-1-2-6-9(8)10;;/h5-12,14,17,22-24H,1,13,15-16H2,2-4H3;1-7H,(H,11,12,13);1H3;/q+1;;-1;+1/p-1/t22-,23-,24?,26+;;;/m1.../s1. The van der Waals surface area contributed by atoms with Gasteiger partial charge in [-0.15, -0.1) is 6.58 Å². The van der Waals surface area contributed by atoms with E-state index in [4.69, 9.17) is 27.9 Å². The molecule has 1 unspecified atom stereocenters. The molecule has 0 saturated heterocycles. The minimum Gasteiger partial charge on any atom is -0.744 e. The zero-order valence-electron chi connectivity index (χ0n) is 27.1. The number of hydrogen-bond acceptors (Lipinski definition) is 4. The molecule has 0 N–H and O–H groups in total. The molecule has 0 aromatic heterocycles. The van der Waals surface area contributed by atoms with Crippen molar-refractivity contribution in [2.75, 3.05) is 6.61 Å². The molecule has 0 saturated carbocycles. The fraction of sp³-hybridized carbons (Fsp3) is 0.297. The maximum Gasteiger partial charge on any atom is 1.00 e. The molecule has 6 rings (SSSR count). The van der Waals surface area contributed by atoms with Crippen molar-refractivity contribution in [1.29, 1.82) is 0 Å². The van der Waals surface area contributed by atoms with E-state index in [-0.39, 0.29) is 59.3 Å². The third-order valence-corrected chi connectivity index (χ3v) is 10.1. The Balaban J connectivity index is 0.000000304. The summed E-state index contributed by atoms with van der Waals surface area (Å²) in [5.41, 5.74) is 2.44. The van der Waals surface area contributed by atoms with Gasteiger partial charge in [0.15, 0.2) is 18.7 Å². The van der Waals surface area contributed by atoms with E-state index in [1.807, 2.05) is 24.3 Å². The van der Waals surface area contributed by atoms with Crippen molar-refractivity contribution in [1.82, 2.24) is 0 Å². The third-order valence-electron chi connectivity index (χ3n) is 8.72. The first-order valence-electron chi connectivity index (χ1n) is 14.8. The van der Waals surface area contributed by atoms with E-state index in [0.29, 0.717) is 17.3 Å². The first-order chi connectivity index (χ1) is 20.9. The third kappa shape index (κ3) is 8.10. The molecule has 0 bridgehead atoms. The number of hydrogen-bond donors (Lipinski definition) is 0. The monoisotopic (exact) mass is 687 g/mol. The van der Waals surface area contributed by atoms with Gasteiger partial charge in [-0.3, -0.25) is 0 Å². The Hall–Kier alpha value is -2.16. The molecule has 0 amide bonds. The number of fused-ring (bicyclic) bond motifs is 1. The second-order valence-corrected chi connectivity index (χ2v) is 14.4. The summed E-state index contributed by atoms with van der Waals surface area (Å²) in [5, 5.41) is 2.77.